The molecule has 1 fully saturated rings. The van der Waals surface area contributed by atoms with Gasteiger partial charge in [0.25, 0.3) is 5.91 Å². The molecule has 4 aromatic rings. The van der Waals surface area contributed by atoms with E-state index >= 15 is 0 Å². The van der Waals surface area contributed by atoms with E-state index in [-0.39, 0.29) is 17.6 Å². The first-order chi connectivity index (χ1) is 16.3. The van der Waals surface area contributed by atoms with Crippen molar-refractivity contribution in [1.82, 2.24) is 14.8 Å². The summed E-state index contributed by atoms with van der Waals surface area (Å²) >= 11 is 0. The Bertz CT molecular complexity index is 1340. The number of rotatable bonds is 4. The second-order valence-electron chi connectivity index (χ2n) is 8.37. The highest BCUT2D eigenvalue weighted by atomic mass is 19.4. The molecule has 0 unspecified atom stereocenters. The maximum Gasteiger partial charge on any atom is 0.452 e. The summed E-state index contributed by atoms with van der Waals surface area (Å²) in [7, 11) is 0. The van der Waals surface area contributed by atoms with Crippen molar-refractivity contribution in [2.45, 2.75) is 44.3 Å². The zero-order valence-electron chi connectivity index (χ0n) is 18.1. The monoisotopic (exact) mass is 469 g/mol. The van der Waals surface area contributed by atoms with Gasteiger partial charge in [-0.1, -0.05) is 37.5 Å². The largest absolute Gasteiger partial charge is 0.452 e. The molecule has 7 nitrogen and oxygen atoms in total. The molecular formula is C24H22F3N5O2. The zero-order valence-corrected chi connectivity index (χ0v) is 18.1. The molecule has 0 bridgehead atoms. The lowest BCUT2D eigenvalue weighted by Crippen LogP contribution is -2.18. The highest BCUT2D eigenvalue weighted by Crippen LogP contribution is 2.36. The molecule has 176 valence electrons. The molecule has 34 heavy (non-hydrogen) atoms. The zero-order chi connectivity index (χ0) is 23.9. The Morgan fingerprint density at radius 2 is 1.82 bits per heavy atom. The fourth-order valence-electron chi connectivity index (χ4n) is 4.41. The smallest absolute Gasteiger partial charge is 0.431 e. The molecule has 1 saturated carbocycles. The van der Waals surface area contributed by atoms with Crippen LogP contribution in [0.4, 0.5) is 24.7 Å². The number of nitrogens with one attached hydrogen (secondary N) is 1. The van der Waals surface area contributed by atoms with E-state index in [4.69, 9.17) is 10.2 Å². The van der Waals surface area contributed by atoms with Gasteiger partial charge in [-0.2, -0.15) is 18.3 Å². The molecule has 0 atom stereocenters. The number of nitrogen functional groups attached to an aromatic ring is 1. The normalized spacial score (nSPS) is 15.0. The molecule has 5 rings (SSSR count). The number of hydrogen-bond acceptors (Lipinski definition) is 5. The van der Waals surface area contributed by atoms with Gasteiger partial charge in [0.05, 0.1) is 11.6 Å². The number of amides is 1. The van der Waals surface area contributed by atoms with Gasteiger partial charge in [0, 0.05) is 16.6 Å². The molecule has 1 aliphatic carbocycles. The van der Waals surface area contributed by atoms with Gasteiger partial charge in [0.1, 0.15) is 0 Å². The number of benzene rings is 2. The number of oxazole rings is 1. The van der Waals surface area contributed by atoms with Crippen molar-refractivity contribution in [3.8, 4) is 11.5 Å². The number of nitrogens with two attached hydrogens (primary N) is 1. The van der Waals surface area contributed by atoms with Crippen LogP contribution in [0, 0.1) is 0 Å². The minimum atomic E-state index is -4.89. The summed E-state index contributed by atoms with van der Waals surface area (Å²) in [6.07, 6.45) is 0.613. The lowest BCUT2D eigenvalue weighted by Gasteiger charge is -2.22. The summed E-state index contributed by atoms with van der Waals surface area (Å²) < 4.78 is 47.6. The second kappa shape index (κ2) is 8.51. The quantitative estimate of drug-likeness (QED) is 0.379. The van der Waals surface area contributed by atoms with Gasteiger partial charge in [0.2, 0.25) is 11.7 Å². The summed E-state index contributed by atoms with van der Waals surface area (Å²) in [5, 5.41) is 7.60. The van der Waals surface area contributed by atoms with Gasteiger partial charge in [-0.3, -0.25) is 9.48 Å². The van der Waals surface area contributed by atoms with Crippen LogP contribution >= 0.6 is 0 Å². The van der Waals surface area contributed by atoms with Crippen LogP contribution in [0.3, 0.4) is 0 Å². The van der Waals surface area contributed by atoms with E-state index in [2.05, 4.69) is 15.4 Å². The third-order valence-electron chi connectivity index (χ3n) is 6.03. The van der Waals surface area contributed by atoms with Gasteiger partial charge in [-0.25, -0.2) is 4.98 Å². The number of carbonyl (C=O) groups excluding carboxylic acids is 1. The van der Waals surface area contributed by atoms with E-state index in [1.54, 1.807) is 48.5 Å². The molecule has 3 N–H and O–H groups in total. The van der Waals surface area contributed by atoms with Crippen molar-refractivity contribution in [2.24, 2.45) is 0 Å². The highest BCUT2D eigenvalue weighted by molar-refractivity contribution is 6.05. The van der Waals surface area contributed by atoms with Crippen molar-refractivity contribution < 1.29 is 22.4 Å². The molecule has 2 aromatic carbocycles. The average Bonchev–Trinajstić information content (AvgIpc) is 3.43. The Hall–Kier alpha value is -3.82. The topological polar surface area (TPSA) is 99.0 Å². The number of fused-ring (bicyclic) bond motifs is 1. The van der Waals surface area contributed by atoms with Crippen molar-refractivity contribution >= 4 is 28.3 Å². The first kappa shape index (κ1) is 22.0. The van der Waals surface area contributed by atoms with Crippen LogP contribution in [0.1, 0.15) is 54.4 Å². The predicted octanol–water partition coefficient (Wildman–Crippen LogP) is 6.05. The number of aromatic nitrogens is 3. The summed E-state index contributed by atoms with van der Waals surface area (Å²) in [5.41, 5.74) is 6.72. The number of anilines is 2. The predicted molar refractivity (Wildman–Crippen MR) is 121 cm³/mol. The number of carbonyl (C=O) groups is 1. The van der Waals surface area contributed by atoms with E-state index in [0.29, 0.717) is 16.8 Å². The molecule has 1 amide bonds. The Labute approximate surface area is 192 Å². The minimum Gasteiger partial charge on any atom is -0.431 e. The number of halogens is 3. The maximum absolute atomic E-state index is 13.6. The van der Waals surface area contributed by atoms with Crippen LogP contribution in [-0.2, 0) is 6.18 Å². The summed E-state index contributed by atoms with van der Waals surface area (Å²) in [4.78, 5) is 16.7. The van der Waals surface area contributed by atoms with E-state index in [0.717, 1.165) is 31.2 Å². The first-order valence-corrected chi connectivity index (χ1v) is 11.0. The van der Waals surface area contributed by atoms with Crippen LogP contribution in [-0.4, -0.2) is 20.7 Å². The molecule has 0 radical (unpaired) electrons. The van der Waals surface area contributed by atoms with Crippen LogP contribution in [0.5, 0.6) is 0 Å². The minimum absolute atomic E-state index is 0.259. The standard InChI is InChI=1S/C24H22F3N5O2/c25-24(26,27)20-19(30-23(34-20)14-7-3-1-4-8-14)22(33)29-15-11-12-18-17(13-15)21(28)31-32(18)16-9-5-2-6-10-16/h1,3-4,7-8,11-13,16H,2,5-6,9-10H2,(H2,28,31)(H,29,33). The molecule has 2 heterocycles. The number of nitrogens with zero attached hydrogens (tertiary/aromatic N) is 3. The van der Waals surface area contributed by atoms with Gasteiger partial charge in [-0.15, -0.1) is 0 Å². The van der Waals surface area contributed by atoms with Crippen LogP contribution in [0.2, 0.25) is 0 Å². The first-order valence-electron chi connectivity index (χ1n) is 11.0. The number of hydrogen-bond donors (Lipinski definition) is 2. The van der Waals surface area contributed by atoms with Gasteiger partial charge < -0.3 is 15.5 Å². The summed E-state index contributed by atoms with van der Waals surface area (Å²) in [6.45, 7) is 0. The van der Waals surface area contributed by atoms with Crippen molar-refractivity contribution in [3.63, 3.8) is 0 Å². The third-order valence-corrected chi connectivity index (χ3v) is 6.03. The van der Waals surface area contributed by atoms with Gasteiger partial charge in [-0.05, 0) is 43.2 Å². The van der Waals surface area contributed by atoms with Gasteiger partial charge >= 0.3 is 6.18 Å². The van der Waals surface area contributed by atoms with Crippen LogP contribution in [0.25, 0.3) is 22.4 Å². The Morgan fingerprint density at radius 1 is 1.09 bits per heavy atom. The summed E-state index contributed by atoms with van der Waals surface area (Å²) in [6, 6.07) is 13.3. The summed E-state index contributed by atoms with van der Waals surface area (Å²) in [5.74, 6) is -2.46. The lowest BCUT2D eigenvalue weighted by atomic mass is 9.95. The third kappa shape index (κ3) is 4.11. The SMILES string of the molecule is Nc1nn(C2CCCCC2)c2ccc(NC(=O)c3nc(-c4ccccc4)oc3C(F)(F)F)cc12. The molecule has 0 saturated heterocycles. The van der Waals surface area contributed by atoms with E-state index in [1.165, 1.54) is 6.42 Å². The van der Waals surface area contributed by atoms with E-state index in [9.17, 15) is 18.0 Å². The Morgan fingerprint density at radius 3 is 2.53 bits per heavy atom. The van der Waals surface area contributed by atoms with Crippen molar-refractivity contribution in [3.05, 3.63) is 60.0 Å². The highest BCUT2D eigenvalue weighted by Gasteiger charge is 2.42. The van der Waals surface area contributed by atoms with Crippen molar-refractivity contribution in [1.29, 1.82) is 0 Å². The average molecular weight is 469 g/mol. The van der Waals surface area contributed by atoms with E-state index in [1.807, 2.05) is 4.68 Å². The maximum atomic E-state index is 13.6. The Balaban J connectivity index is 1.45. The molecular weight excluding hydrogens is 447 g/mol. The molecule has 0 aliphatic heterocycles. The van der Waals surface area contributed by atoms with Crippen molar-refractivity contribution in [2.75, 3.05) is 11.1 Å². The molecule has 1 aliphatic rings. The molecule has 2 aromatic heterocycles. The second-order valence-corrected chi connectivity index (χ2v) is 8.37. The Kier molecular flexibility index (Phi) is 5.51. The van der Waals surface area contributed by atoms with Gasteiger partial charge in [0.15, 0.2) is 11.5 Å². The van der Waals surface area contributed by atoms with E-state index < -0.39 is 23.5 Å². The number of alkyl halides is 3. The lowest BCUT2D eigenvalue weighted by molar-refractivity contribution is -0.153. The fourth-order valence-corrected chi connectivity index (χ4v) is 4.41. The molecule has 0 spiro atoms. The van der Waals surface area contributed by atoms with Crippen LogP contribution in [0.15, 0.2) is 52.9 Å². The fraction of sp³-hybridized carbons (Fsp3) is 0.292. The molecule has 10 heteroatoms. The van der Waals surface area contributed by atoms with Crippen LogP contribution < -0.4 is 11.1 Å².